The Morgan fingerprint density at radius 2 is 2.25 bits per heavy atom. The Morgan fingerprint density at radius 3 is 2.75 bits per heavy atom. The van der Waals surface area contributed by atoms with Gasteiger partial charge in [0.05, 0.1) is 11.6 Å². The average molecular weight is 362 g/mol. The fraction of sp³-hybridized carbons (Fsp3) is 0.385. The molecule has 1 rings (SSSR count). The molecule has 0 saturated heterocycles. The lowest BCUT2D eigenvalue weighted by Crippen LogP contribution is -2.40. The monoisotopic (exact) mass is 361 g/mol. The molecule has 0 aliphatic heterocycles. The molecule has 1 unspecified atom stereocenters. The van der Waals surface area contributed by atoms with Gasteiger partial charge >= 0.3 is 5.97 Å². The van der Waals surface area contributed by atoms with Gasteiger partial charge in [0.2, 0.25) is 0 Å². The first-order valence-electron chi connectivity index (χ1n) is 5.89. The zero-order chi connectivity index (χ0) is 15.3. The van der Waals surface area contributed by atoms with Gasteiger partial charge < -0.3 is 15.2 Å². The highest BCUT2D eigenvalue weighted by atomic mass is 79.9. The molecular formula is C13H16BrNO4S. The molecule has 0 aromatic carbocycles. The van der Waals surface area contributed by atoms with Crippen molar-refractivity contribution in [1.82, 2.24) is 5.32 Å². The Hall–Kier alpha value is -1.34. The molecule has 0 saturated carbocycles. The number of rotatable bonds is 7. The summed E-state index contributed by atoms with van der Waals surface area (Å²) < 4.78 is 5.90. The van der Waals surface area contributed by atoms with E-state index in [1.54, 1.807) is 6.08 Å². The number of ether oxygens (including phenoxy) is 1. The van der Waals surface area contributed by atoms with E-state index in [1.807, 2.05) is 6.92 Å². The number of nitrogens with one attached hydrogen (secondary N) is 1. The zero-order valence-electron chi connectivity index (χ0n) is 11.2. The summed E-state index contributed by atoms with van der Waals surface area (Å²) in [6.45, 7) is 5.39. The van der Waals surface area contributed by atoms with Crippen LogP contribution < -0.4 is 10.1 Å². The number of thiophene rings is 1. The molecule has 1 aromatic heterocycles. The normalized spacial score (nSPS) is 11.8. The number of hydrogen-bond acceptors (Lipinski definition) is 4. The number of halogens is 1. The van der Waals surface area contributed by atoms with Gasteiger partial charge in [-0.05, 0) is 35.7 Å². The van der Waals surface area contributed by atoms with Crippen LogP contribution in [0.25, 0.3) is 0 Å². The standard InChI is InChI=1S/C13H16BrNO4S/c1-4-5-6-8(13(17)18)15-12(16)11-10(19-3)9(14)7(2)20-11/h4,8H,1,5-6H2,2-3H3,(H,15,16)(H,17,18). The number of carbonyl (C=O) groups excluding carboxylic acids is 1. The maximum Gasteiger partial charge on any atom is 0.326 e. The summed E-state index contributed by atoms with van der Waals surface area (Å²) in [6.07, 6.45) is 2.44. The number of carbonyl (C=O) groups is 2. The topological polar surface area (TPSA) is 75.6 Å². The number of aliphatic carboxylic acids is 1. The maximum absolute atomic E-state index is 12.2. The van der Waals surface area contributed by atoms with E-state index in [1.165, 1.54) is 18.4 Å². The summed E-state index contributed by atoms with van der Waals surface area (Å²) in [7, 11) is 1.47. The molecular weight excluding hydrogens is 346 g/mol. The first-order chi connectivity index (χ1) is 9.42. The van der Waals surface area contributed by atoms with Crippen LogP contribution in [0.3, 0.4) is 0 Å². The first kappa shape index (κ1) is 16.7. The Balaban J connectivity index is 2.91. The van der Waals surface area contributed by atoms with E-state index in [0.29, 0.717) is 27.9 Å². The number of carboxylic acids is 1. The molecule has 2 N–H and O–H groups in total. The Bertz CT molecular complexity index is 527. The molecule has 5 nitrogen and oxygen atoms in total. The van der Waals surface area contributed by atoms with Crippen molar-refractivity contribution in [2.75, 3.05) is 7.11 Å². The number of hydrogen-bond donors (Lipinski definition) is 2. The fourth-order valence-corrected chi connectivity index (χ4v) is 3.25. The van der Waals surface area contributed by atoms with Crippen LogP contribution in [0.5, 0.6) is 5.75 Å². The number of amides is 1. The van der Waals surface area contributed by atoms with Crippen molar-refractivity contribution < 1.29 is 19.4 Å². The minimum atomic E-state index is -1.06. The van der Waals surface area contributed by atoms with E-state index >= 15 is 0 Å². The van der Waals surface area contributed by atoms with E-state index in [9.17, 15) is 9.59 Å². The third kappa shape index (κ3) is 3.83. The van der Waals surface area contributed by atoms with Crippen molar-refractivity contribution in [3.8, 4) is 5.75 Å². The molecule has 1 atom stereocenters. The van der Waals surface area contributed by atoms with Crippen LogP contribution in [-0.2, 0) is 4.79 Å². The van der Waals surface area contributed by atoms with Crippen LogP contribution in [-0.4, -0.2) is 30.1 Å². The van der Waals surface area contributed by atoms with E-state index in [2.05, 4.69) is 27.8 Å². The van der Waals surface area contributed by atoms with Gasteiger partial charge in [0.15, 0.2) is 5.75 Å². The third-order valence-corrected chi connectivity index (χ3v) is 4.95. The molecule has 0 radical (unpaired) electrons. The van der Waals surface area contributed by atoms with Crippen LogP contribution in [0.2, 0.25) is 0 Å². The second-order valence-corrected chi connectivity index (χ2v) is 6.08. The molecule has 0 spiro atoms. The highest BCUT2D eigenvalue weighted by molar-refractivity contribution is 9.10. The van der Waals surface area contributed by atoms with E-state index in [0.717, 1.165) is 4.88 Å². The SMILES string of the molecule is C=CCCC(NC(=O)c1sc(C)c(Br)c1OC)C(=O)O. The molecule has 7 heteroatoms. The van der Waals surface area contributed by atoms with Gasteiger partial charge in [0.25, 0.3) is 5.91 Å². The Morgan fingerprint density at radius 1 is 1.60 bits per heavy atom. The van der Waals surface area contributed by atoms with Crippen LogP contribution in [0, 0.1) is 6.92 Å². The Kier molecular flexibility index (Phi) is 6.22. The third-order valence-electron chi connectivity index (χ3n) is 2.64. The van der Waals surface area contributed by atoms with E-state index in [-0.39, 0.29) is 0 Å². The number of aryl methyl sites for hydroxylation is 1. The quantitative estimate of drug-likeness (QED) is 0.732. The van der Waals surface area contributed by atoms with Crippen molar-refractivity contribution >= 4 is 39.1 Å². The van der Waals surface area contributed by atoms with Crippen molar-refractivity contribution in [2.24, 2.45) is 0 Å². The minimum absolute atomic E-state index is 0.304. The fourth-order valence-electron chi connectivity index (χ4n) is 1.60. The van der Waals surface area contributed by atoms with Gasteiger partial charge in [0, 0.05) is 4.88 Å². The number of allylic oxidation sites excluding steroid dienone is 1. The van der Waals surface area contributed by atoms with Gasteiger partial charge in [0.1, 0.15) is 10.9 Å². The largest absolute Gasteiger partial charge is 0.494 e. The second kappa shape index (κ2) is 7.44. The average Bonchev–Trinajstić information content (AvgIpc) is 2.69. The van der Waals surface area contributed by atoms with Crippen LogP contribution in [0.15, 0.2) is 17.1 Å². The molecule has 0 aliphatic carbocycles. The van der Waals surface area contributed by atoms with Crippen LogP contribution >= 0.6 is 27.3 Å². The van der Waals surface area contributed by atoms with Crippen molar-refractivity contribution in [3.05, 3.63) is 26.9 Å². The first-order valence-corrected chi connectivity index (χ1v) is 7.50. The number of carboxylic acid groups (broad SMARTS) is 1. The molecule has 1 amide bonds. The summed E-state index contributed by atoms with van der Waals surface area (Å²) >= 11 is 4.60. The summed E-state index contributed by atoms with van der Waals surface area (Å²) in [5, 5.41) is 11.6. The smallest absolute Gasteiger partial charge is 0.326 e. The summed E-state index contributed by atoms with van der Waals surface area (Å²) in [5.74, 6) is -1.08. The van der Waals surface area contributed by atoms with Gasteiger partial charge in [-0.1, -0.05) is 6.08 Å². The van der Waals surface area contributed by atoms with Crippen molar-refractivity contribution in [2.45, 2.75) is 25.8 Å². The second-order valence-electron chi connectivity index (χ2n) is 4.06. The van der Waals surface area contributed by atoms with E-state index in [4.69, 9.17) is 9.84 Å². The summed E-state index contributed by atoms with van der Waals surface area (Å²) in [4.78, 5) is 24.5. The summed E-state index contributed by atoms with van der Waals surface area (Å²) in [6, 6.07) is -0.939. The highest BCUT2D eigenvalue weighted by Gasteiger charge is 2.25. The molecule has 20 heavy (non-hydrogen) atoms. The highest BCUT2D eigenvalue weighted by Crippen LogP contribution is 2.39. The molecule has 1 aromatic rings. The lowest BCUT2D eigenvalue weighted by Gasteiger charge is -2.13. The predicted molar refractivity (Wildman–Crippen MR) is 81.6 cm³/mol. The summed E-state index contributed by atoms with van der Waals surface area (Å²) in [5.41, 5.74) is 0. The van der Waals surface area contributed by atoms with Crippen LogP contribution in [0.4, 0.5) is 0 Å². The molecule has 1 heterocycles. The van der Waals surface area contributed by atoms with Crippen molar-refractivity contribution in [3.63, 3.8) is 0 Å². The molecule has 0 bridgehead atoms. The number of methoxy groups -OCH3 is 1. The van der Waals surface area contributed by atoms with Gasteiger partial charge in [-0.15, -0.1) is 17.9 Å². The lowest BCUT2D eigenvalue weighted by molar-refractivity contribution is -0.139. The lowest BCUT2D eigenvalue weighted by atomic mass is 10.1. The van der Waals surface area contributed by atoms with Crippen molar-refractivity contribution in [1.29, 1.82) is 0 Å². The van der Waals surface area contributed by atoms with E-state index < -0.39 is 17.9 Å². The van der Waals surface area contributed by atoms with Gasteiger partial charge in [-0.3, -0.25) is 4.79 Å². The van der Waals surface area contributed by atoms with Crippen LogP contribution in [0.1, 0.15) is 27.4 Å². The molecule has 110 valence electrons. The predicted octanol–water partition coefficient (Wildman–Crippen LogP) is 2.98. The maximum atomic E-state index is 12.2. The van der Waals surface area contributed by atoms with Gasteiger partial charge in [-0.25, -0.2) is 4.79 Å². The molecule has 0 fully saturated rings. The minimum Gasteiger partial charge on any atom is -0.494 e. The molecule has 0 aliphatic rings. The Labute approximate surface area is 129 Å². The van der Waals surface area contributed by atoms with Gasteiger partial charge in [-0.2, -0.15) is 0 Å². The zero-order valence-corrected chi connectivity index (χ0v) is 13.6.